The summed E-state index contributed by atoms with van der Waals surface area (Å²) >= 11 is 6.04. The molecule has 1 N–H and O–H groups in total. The molecule has 0 saturated carbocycles. The van der Waals surface area contributed by atoms with Gasteiger partial charge in [-0.3, -0.25) is 14.9 Å². The monoisotopic (exact) mass is 451 g/mol. The van der Waals surface area contributed by atoms with Crippen LogP contribution in [0.3, 0.4) is 0 Å². The number of amides is 1. The van der Waals surface area contributed by atoms with Crippen molar-refractivity contribution in [1.82, 2.24) is 10.2 Å². The number of carbonyl (C=O) groups excluding carboxylic acids is 1. The highest BCUT2D eigenvalue weighted by atomic mass is 35.5. The molecule has 1 aliphatic rings. The van der Waals surface area contributed by atoms with Gasteiger partial charge in [-0.2, -0.15) is 0 Å². The lowest BCUT2D eigenvalue weighted by molar-refractivity contribution is -0.384. The minimum absolute atomic E-state index is 0.0403. The minimum Gasteiger partial charge on any atom is -0.355 e. The first-order valence-electron chi connectivity index (χ1n) is 10.3. The predicted molar refractivity (Wildman–Crippen MR) is 124 cm³/mol. The van der Waals surface area contributed by atoms with Gasteiger partial charge in [-0.15, -0.1) is 10.2 Å². The van der Waals surface area contributed by atoms with Gasteiger partial charge in [0.15, 0.2) is 5.82 Å². The lowest BCUT2D eigenvalue weighted by Gasteiger charge is -2.30. The van der Waals surface area contributed by atoms with Crippen LogP contribution in [-0.2, 0) is 0 Å². The molecular formula is C23H22ClN5O3. The number of carbonyl (C=O) groups is 1. The lowest BCUT2D eigenvalue weighted by Crippen LogP contribution is -2.33. The Balaban J connectivity index is 1.44. The van der Waals surface area contributed by atoms with Gasteiger partial charge in [-0.05, 0) is 49.1 Å². The standard InChI is InChI=1S/C23H22ClN5O3/c1-15-10-12-28(13-11-15)22-9-8-21(26-27-22)16-2-4-17(5-3-16)25-23(30)19-14-18(29(31)32)6-7-20(19)24/h2-9,14-15H,10-13H2,1H3,(H,25,30). The van der Waals surface area contributed by atoms with E-state index in [2.05, 4.69) is 27.3 Å². The highest BCUT2D eigenvalue weighted by Gasteiger charge is 2.18. The predicted octanol–water partition coefficient (Wildman–Crippen LogP) is 5.19. The molecule has 3 aromatic rings. The largest absolute Gasteiger partial charge is 0.355 e. The van der Waals surface area contributed by atoms with E-state index in [4.69, 9.17) is 11.6 Å². The molecule has 1 aliphatic heterocycles. The number of hydrogen-bond donors (Lipinski definition) is 1. The molecule has 1 saturated heterocycles. The fourth-order valence-electron chi connectivity index (χ4n) is 3.61. The maximum Gasteiger partial charge on any atom is 0.270 e. The molecular weight excluding hydrogens is 430 g/mol. The van der Waals surface area contributed by atoms with Gasteiger partial charge in [0.1, 0.15) is 0 Å². The lowest BCUT2D eigenvalue weighted by atomic mass is 9.99. The molecule has 2 heterocycles. The first-order chi connectivity index (χ1) is 15.4. The van der Waals surface area contributed by atoms with Crippen LogP contribution in [-0.4, -0.2) is 34.1 Å². The molecule has 2 aromatic carbocycles. The third kappa shape index (κ3) is 4.86. The molecule has 8 nitrogen and oxygen atoms in total. The SMILES string of the molecule is CC1CCN(c2ccc(-c3ccc(NC(=O)c4cc([N+](=O)[O-])ccc4Cl)cc3)nn2)CC1. The Labute approximate surface area is 190 Å². The van der Waals surface area contributed by atoms with Crippen LogP contribution in [0.15, 0.2) is 54.6 Å². The van der Waals surface area contributed by atoms with Crippen LogP contribution >= 0.6 is 11.6 Å². The highest BCUT2D eigenvalue weighted by molar-refractivity contribution is 6.34. The number of nitro benzene ring substituents is 1. The van der Waals surface area contributed by atoms with E-state index in [0.29, 0.717) is 5.69 Å². The number of halogens is 1. The van der Waals surface area contributed by atoms with Crippen molar-refractivity contribution in [2.45, 2.75) is 19.8 Å². The second-order valence-electron chi connectivity index (χ2n) is 7.90. The maximum atomic E-state index is 12.5. The third-order valence-corrected chi connectivity index (χ3v) is 5.93. The van der Waals surface area contributed by atoms with Gasteiger partial charge in [0.05, 0.1) is 21.2 Å². The quantitative estimate of drug-likeness (QED) is 0.423. The zero-order valence-corrected chi connectivity index (χ0v) is 18.2. The number of nitrogens with zero attached hydrogens (tertiary/aromatic N) is 4. The number of nitro groups is 1. The summed E-state index contributed by atoms with van der Waals surface area (Å²) in [5.41, 5.74) is 1.98. The van der Waals surface area contributed by atoms with Crippen molar-refractivity contribution in [2.24, 2.45) is 5.92 Å². The van der Waals surface area contributed by atoms with Crippen LogP contribution in [0.4, 0.5) is 17.2 Å². The first-order valence-corrected chi connectivity index (χ1v) is 10.7. The van der Waals surface area contributed by atoms with Crippen LogP contribution in [0.25, 0.3) is 11.3 Å². The summed E-state index contributed by atoms with van der Waals surface area (Å²) in [5, 5.41) is 22.6. The third-order valence-electron chi connectivity index (χ3n) is 5.60. The Bertz CT molecular complexity index is 1130. The molecule has 4 rings (SSSR count). The van der Waals surface area contributed by atoms with E-state index in [0.717, 1.165) is 55.0 Å². The Morgan fingerprint density at radius 2 is 1.81 bits per heavy atom. The number of anilines is 2. The molecule has 0 radical (unpaired) electrons. The number of non-ortho nitro benzene ring substituents is 1. The number of aromatic nitrogens is 2. The Morgan fingerprint density at radius 3 is 2.44 bits per heavy atom. The van der Waals surface area contributed by atoms with Crippen molar-refractivity contribution < 1.29 is 9.72 Å². The van der Waals surface area contributed by atoms with Gasteiger partial charge in [-0.25, -0.2) is 0 Å². The Morgan fingerprint density at radius 1 is 1.09 bits per heavy atom. The zero-order valence-electron chi connectivity index (χ0n) is 17.5. The summed E-state index contributed by atoms with van der Waals surface area (Å²) in [4.78, 5) is 25.2. The molecule has 9 heteroatoms. The first kappa shape index (κ1) is 21.7. The number of rotatable bonds is 5. The van der Waals surface area contributed by atoms with Gasteiger partial charge < -0.3 is 10.2 Å². The van der Waals surface area contributed by atoms with E-state index in [-0.39, 0.29) is 16.3 Å². The van der Waals surface area contributed by atoms with Crippen molar-refractivity contribution in [3.8, 4) is 11.3 Å². The molecule has 0 unspecified atom stereocenters. The number of hydrogen-bond acceptors (Lipinski definition) is 6. The molecule has 0 bridgehead atoms. The topological polar surface area (TPSA) is 101 Å². The summed E-state index contributed by atoms with van der Waals surface area (Å²) < 4.78 is 0. The molecule has 1 amide bonds. The van der Waals surface area contributed by atoms with E-state index in [1.165, 1.54) is 12.1 Å². The Kier molecular flexibility index (Phi) is 6.32. The Hall–Kier alpha value is -3.52. The van der Waals surface area contributed by atoms with E-state index >= 15 is 0 Å². The zero-order chi connectivity index (χ0) is 22.7. The molecule has 1 aromatic heterocycles. The highest BCUT2D eigenvalue weighted by Crippen LogP contribution is 2.26. The van der Waals surface area contributed by atoms with E-state index in [1.54, 1.807) is 12.1 Å². The van der Waals surface area contributed by atoms with Crippen LogP contribution in [0.2, 0.25) is 5.02 Å². The summed E-state index contributed by atoms with van der Waals surface area (Å²) in [7, 11) is 0. The van der Waals surface area contributed by atoms with Gasteiger partial charge >= 0.3 is 0 Å². The van der Waals surface area contributed by atoms with Crippen LogP contribution in [0.1, 0.15) is 30.1 Å². The summed E-state index contributed by atoms with van der Waals surface area (Å²) in [6.07, 6.45) is 2.33. The second-order valence-corrected chi connectivity index (χ2v) is 8.31. The molecule has 1 fully saturated rings. The molecule has 0 aliphatic carbocycles. The average molecular weight is 452 g/mol. The van der Waals surface area contributed by atoms with Crippen molar-refractivity contribution in [3.63, 3.8) is 0 Å². The van der Waals surface area contributed by atoms with Crippen molar-refractivity contribution in [1.29, 1.82) is 0 Å². The summed E-state index contributed by atoms with van der Waals surface area (Å²) in [6.45, 7) is 4.27. The molecule has 164 valence electrons. The maximum absolute atomic E-state index is 12.5. The van der Waals surface area contributed by atoms with Gasteiger partial charge in [-0.1, -0.05) is 30.7 Å². The van der Waals surface area contributed by atoms with Crippen LogP contribution in [0.5, 0.6) is 0 Å². The van der Waals surface area contributed by atoms with Crippen molar-refractivity contribution in [2.75, 3.05) is 23.3 Å². The molecule has 32 heavy (non-hydrogen) atoms. The van der Waals surface area contributed by atoms with Crippen LogP contribution in [0, 0.1) is 16.0 Å². The number of benzene rings is 2. The van der Waals surface area contributed by atoms with Gasteiger partial charge in [0, 0.05) is 36.5 Å². The van der Waals surface area contributed by atoms with E-state index in [1.807, 2.05) is 24.3 Å². The normalized spacial score (nSPS) is 14.2. The van der Waals surface area contributed by atoms with Crippen molar-refractivity contribution >= 4 is 34.7 Å². The summed E-state index contributed by atoms with van der Waals surface area (Å²) in [6, 6.07) is 14.8. The fraction of sp³-hybridized carbons (Fsp3) is 0.261. The van der Waals surface area contributed by atoms with E-state index < -0.39 is 10.8 Å². The summed E-state index contributed by atoms with van der Waals surface area (Å²) in [5.74, 6) is 1.12. The second kappa shape index (κ2) is 9.32. The van der Waals surface area contributed by atoms with Crippen LogP contribution < -0.4 is 10.2 Å². The van der Waals surface area contributed by atoms with Gasteiger partial charge in [0.2, 0.25) is 0 Å². The fourth-order valence-corrected chi connectivity index (χ4v) is 3.81. The smallest absolute Gasteiger partial charge is 0.270 e. The number of nitrogens with one attached hydrogen (secondary N) is 1. The number of piperidine rings is 1. The minimum atomic E-state index is -0.569. The van der Waals surface area contributed by atoms with E-state index in [9.17, 15) is 14.9 Å². The average Bonchev–Trinajstić information content (AvgIpc) is 2.80. The molecule has 0 spiro atoms. The van der Waals surface area contributed by atoms with Gasteiger partial charge in [0.25, 0.3) is 11.6 Å². The molecule has 0 atom stereocenters. The van der Waals surface area contributed by atoms with Crippen molar-refractivity contribution in [3.05, 3.63) is 75.3 Å².